The Morgan fingerprint density at radius 2 is 1.76 bits per heavy atom. The van der Waals surface area contributed by atoms with Crippen molar-refractivity contribution >= 4 is 11.7 Å². The van der Waals surface area contributed by atoms with E-state index in [-0.39, 0.29) is 24.0 Å². The number of amides is 1. The van der Waals surface area contributed by atoms with Gasteiger partial charge in [0, 0.05) is 31.3 Å². The average Bonchev–Trinajstić information content (AvgIpc) is 2.73. The van der Waals surface area contributed by atoms with Crippen LogP contribution >= 0.6 is 0 Å². The van der Waals surface area contributed by atoms with Gasteiger partial charge in [0.05, 0.1) is 0 Å². The molecule has 1 aromatic heterocycles. The largest absolute Gasteiger partial charge is 0.369 e. The number of likely N-dealkylation sites (N-methyl/N-ethyl adjacent to an activating group) is 1. The van der Waals surface area contributed by atoms with Crippen LogP contribution in [0, 0.1) is 5.82 Å². The van der Waals surface area contributed by atoms with Gasteiger partial charge in [0.2, 0.25) is 0 Å². The molecule has 0 atom stereocenters. The summed E-state index contributed by atoms with van der Waals surface area (Å²) in [5.74, 6) is 0.446. The first kappa shape index (κ1) is 20.4. The Hall–Kier alpha value is -3.32. The van der Waals surface area contributed by atoms with Crippen molar-refractivity contribution in [1.29, 1.82) is 0 Å². The highest BCUT2D eigenvalue weighted by atomic mass is 19.1. The van der Waals surface area contributed by atoms with E-state index in [1.54, 1.807) is 18.2 Å². The molecule has 1 heterocycles. The van der Waals surface area contributed by atoms with Gasteiger partial charge in [-0.1, -0.05) is 42.5 Å². The van der Waals surface area contributed by atoms with Crippen LogP contribution < -0.4 is 10.6 Å². The molecule has 0 aliphatic heterocycles. The fraction of sp³-hybridized carbons (Fsp3) is 0.227. The van der Waals surface area contributed by atoms with E-state index >= 15 is 0 Å². The smallest absolute Gasteiger partial charge is 0.270 e. The maximum atomic E-state index is 13.0. The number of anilines is 1. The molecule has 0 bridgehead atoms. The number of nitrogens with one attached hydrogen (secondary N) is 2. The minimum absolute atomic E-state index is 0.272. The molecule has 0 unspecified atom stereocenters. The molecule has 29 heavy (non-hydrogen) atoms. The summed E-state index contributed by atoms with van der Waals surface area (Å²) in [6.07, 6.45) is 0. The van der Waals surface area contributed by atoms with Gasteiger partial charge in [-0.3, -0.25) is 4.79 Å². The zero-order valence-electron chi connectivity index (χ0n) is 16.5. The van der Waals surface area contributed by atoms with Crippen LogP contribution in [0.4, 0.5) is 10.2 Å². The summed E-state index contributed by atoms with van der Waals surface area (Å²) < 4.78 is 13.0. The third-order valence-corrected chi connectivity index (χ3v) is 4.22. The molecule has 150 valence electrons. The number of carbonyl (C=O) groups excluding carboxylic acids is 1. The molecule has 0 saturated carbocycles. The Labute approximate surface area is 169 Å². The SMILES string of the molecule is CN(C)CCNc1cc(C(=O)NCc2ccc(F)cc2)nc(-c2ccccc2)n1. The normalized spacial score (nSPS) is 10.8. The van der Waals surface area contributed by atoms with Crippen molar-refractivity contribution in [3.8, 4) is 11.4 Å². The number of hydrogen-bond donors (Lipinski definition) is 2. The third-order valence-electron chi connectivity index (χ3n) is 4.22. The van der Waals surface area contributed by atoms with E-state index in [0.717, 1.165) is 17.7 Å². The van der Waals surface area contributed by atoms with Crippen LogP contribution in [0.3, 0.4) is 0 Å². The molecule has 6 nitrogen and oxygen atoms in total. The van der Waals surface area contributed by atoms with E-state index in [9.17, 15) is 9.18 Å². The van der Waals surface area contributed by atoms with Gasteiger partial charge in [-0.05, 0) is 31.8 Å². The second-order valence-electron chi connectivity index (χ2n) is 6.87. The van der Waals surface area contributed by atoms with Gasteiger partial charge in [0.25, 0.3) is 5.91 Å². The van der Waals surface area contributed by atoms with Gasteiger partial charge >= 0.3 is 0 Å². The molecular formula is C22H24FN5O. The van der Waals surface area contributed by atoms with E-state index in [0.29, 0.717) is 18.2 Å². The molecule has 0 aliphatic rings. The van der Waals surface area contributed by atoms with E-state index in [2.05, 4.69) is 25.5 Å². The second-order valence-corrected chi connectivity index (χ2v) is 6.87. The summed E-state index contributed by atoms with van der Waals surface area (Å²) in [7, 11) is 3.98. The van der Waals surface area contributed by atoms with E-state index in [1.807, 2.05) is 44.4 Å². The standard InChI is InChI=1S/C22H24FN5O/c1-28(2)13-12-24-20-14-19(26-21(27-20)17-6-4-3-5-7-17)22(29)25-15-16-8-10-18(23)11-9-16/h3-11,14H,12-13,15H2,1-2H3,(H,25,29)(H,24,26,27). The Bertz CT molecular complexity index is 945. The predicted octanol–water partition coefficient (Wildman–Crippen LogP) is 3.19. The number of benzene rings is 2. The molecular weight excluding hydrogens is 369 g/mol. The van der Waals surface area contributed by atoms with E-state index in [4.69, 9.17) is 0 Å². The molecule has 3 aromatic rings. The summed E-state index contributed by atoms with van der Waals surface area (Å²) in [5, 5.41) is 6.07. The van der Waals surface area contributed by atoms with Crippen LogP contribution in [0.15, 0.2) is 60.7 Å². The summed E-state index contributed by atoms with van der Waals surface area (Å²) in [4.78, 5) is 23.7. The van der Waals surface area contributed by atoms with Crippen molar-refractivity contribution in [3.63, 3.8) is 0 Å². The summed E-state index contributed by atoms with van der Waals surface area (Å²) >= 11 is 0. The minimum atomic E-state index is -0.315. The van der Waals surface area contributed by atoms with Crippen molar-refractivity contribution in [1.82, 2.24) is 20.2 Å². The van der Waals surface area contributed by atoms with Crippen LogP contribution in [0.25, 0.3) is 11.4 Å². The first-order valence-electron chi connectivity index (χ1n) is 9.37. The number of halogens is 1. The Morgan fingerprint density at radius 3 is 2.45 bits per heavy atom. The number of rotatable bonds is 8. The van der Waals surface area contributed by atoms with E-state index in [1.165, 1.54) is 12.1 Å². The predicted molar refractivity (Wildman–Crippen MR) is 112 cm³/mol. The maximum absolute atomic E-state index is 13.0. The van der Waals surface area contributed by atoms with Crippen LogP contribution in [0.1, 0.15) is 16.1 Å². The molecule has 0 fully saturated rings. The average molecular weight is 393 g/mol. The number of carbonyl (C=O) groups is 1. The fourth-order valence-corrected chi connectivity index (χ4v) is 2.65. The molecule has 2 N–H and O–H groups in total. The lowest BCUT2D eigenvalue weighted by Crippen LogP contribution is -2.25. The van der Waals surface area contributed by atoms with Crippen LogP contribution in [-0.4, -0.2) is 48.0 Å². The monoisotopic (exact) mass is 393 g/mol. The first-order valence-corrected chi connectivity index (χ1v) is 9.37. The lowest BCUT2D eigenvalue weighted by molar-refractivity contribution is 0.0946. The van der Waals surface area contributed by atoms with Gasteiger partial charge < -0.3 is 15.5 Å². The number of aromatic nitrogens is 2. The van der Waals surface area contributed by atoms with Crippen LogP contribution in [-0.2, 0) is 6.54 Å². The van der Waals surface area contributed by atoms with Crippen molar-refractivity contribution < 1.29 is 9.18 Å². The van der Waals surface area contributed by atoms with Gasteiger partial charge in [-0.15, -0.1) is 0 Å². The Balaban J connectivity index is 1.79. The molecule has 0 saturated heterocycles. The van der Waals surface area contributed by atoms with Gasteiger partial charge in [0.1, 0.15) is 17.3 Å². The lowest BCUT2D eigenvalue weighted by Gasteiger charge is -2.13. The van der Waals surface area contributed by atoms with Gasteiger partial charge in [-0.25, -0.2) is 14.4 Å². The summed E-state index contributed by atoms with van der Waals surface area (Å²) in [5.41, 5.74) is 1.91. The Morgan fingerprint density at radius 1 is 1.03 bits per heavy atom. The van der Waals surface area contributed by atoms with E-state index < -0.39 is 0 Å². The van der Waals surface area contributed by atoms with Crippen molar-refractivity contribution in [3.05, 3.63) is 77.7 Å². The fourth-order valence-electron chi connectivity index (χ4n) is 2.65. The molecule has 0 aliphatic carbocycles. The molecule has 3 rings (SSSR count). The molecule has 7 heteroatoms. The number of hydrogen-bond acceptors (Lipinski definition) is 5. The molecule has 1 amide bonds. The Kier molecular flexibility index (Phi) is 6.86. The van der Waals surface area contributed by atoms with Crippen LogP contribution in [0.5, 0.6) is 0 Å². The van der Waals surface area contributed by atoms with Gasteiger partial charge in [0.15, 0.2) is 5.82 Å². The lowest BCUT2D eigenvalue weighted by atomic mass is 10.2. The van der Waals surface area contributed by atoms with Crippen molar-refractivity contribution in [2.45, 2.75) is 6.54 Å². The maximum Gasteiger partial charge on any atom is 0.270 e. The zero-order valence-corrected chi connectivity index (χ0v) is 16.5. The quantitative estimate of drug-likeness (QED) is 0.615. The molecule has 2 aromatic carbocycles. The molecule has 0 radical (unpaired) electrons. The highest BCUT2D eigenvalue weighted by Crippen LogP contribution is 2.18. The zero-order chi connectivity index (χ0) is 20.6. The minimum Gasteiger partial charge on any atom is -0.369 e. The third kappa shape index (κ3) is 6.08. The van der Waals surface area contributed by atoms with Crippen molar-refractivity contribution in [2.75, 3.05) is 32.5 Å². The van der Waals surface area contributed by atoms with Gasteiger partial charge in [-0.2, -0.15) is 0 Å². The van der Waals surface area contributed by atoms with Crippen LogP contribution in [0.2, 0.25) is 0 Å². The number of nitrogens with zero attached hydrogens (tertiary/aromatic N) is 3. The van der Waals surface area contributed by atoms with Crippen molar-refractivity contribution in [2.24, 2.45) is 0 Å². The molecule has 0 spiro atoms. The topological polar surface area (TPSA) is 70.2 Å². The highest BCUT2D eigenvalue weighted by Gasteiger charge is 2.13. The summed E-state index contributed by atoms with van der Waals surface area (Å²) in [6, 6.07) is 17.2. The second kappa shape index (κ2) is 9.75. The highest BCUT2D eigenvalue weighted by molar-refractivity contribution is 5.93. The first-order chi connectivity index (χ1) is 14.0. The summed E-state index contributed by atoms with van der Waals surface area (Å²) in [6.45, 7) is 1.80.